The van der Waals surface area contributed by atoms with Gasteiger partial charge in [-0.15, -0.1) is 0 Å². The van der Waals surface area contributed by atoms with Gasteiger partial charge in [-0.05, 0) is 36.2 Å². The predicted octanol–water partition coefficient (Wildman–Crippen LogP) is 5.13. The average Bonchev–Trinajstić information content (AvgIpc) is 3.04. The molecule has 3 aromatic rings. The second kappa shape index (κ2) is 5.91. The molecule has 0 fully saturated rings. The van der Waals surface area contributed by atoms with Crippen molar-refractivity contribution in [2.45, 2.75) is 12.5 Å². The van der Waals surface area contributed by atoms with Gasteiger partial charge < -0.3 is 9.42 Å². The highest BCUT2D eigenvalue weighted by Crippen LogP contribution is 2.40. The Bertz CT molecular complexity index is 829. The van der Waals surface area contributed by atoms with Gasteiger partial charge in [-0.2, -0.15) is 0 Å². The van der Waals surface area contributed by atoms with Gasteiger partial charge in [0, 0.05) is 17.1 Å². The number of benzene rings is 2. The molecule has 0 saturated carbocycles. The summed E-state index contributed by atoms with van der Waals surface area (Å²) in [5.74, 6) is 0. The molecule has 0 bridgehead atoms. The lowest BCUT2D eigenvalue weighted by molar-refractivity contribution is 0.408. The zero-order valence-electron chi connectivity index (χ0n) is 12.2. The van der Waals surface area contributed by atoms with E-state index in [1.807, 2.05) is 48.5 Å². The largest absolute Gasteiger partial charge is 0.364 e. The molecule has 0 saturated heterocycles. The van der Waals surface area contributed by atoms with Crippen LogP contribution in [-0.4, -0.2) is 11.7 Å². The Kier molecular flexibility index (Phi) is 3.76. The van der Waals surface area contributed by atoms with Gasteiger partial charge in [-0.25, -0.2) is 0 Å². The second-order valence-electron chi connectivity index (χ2n) is 5.57. The van der Waals surface area contributed by atoms with Gasteiger partial charge >= 0.3 is 0 Å². The highest BCUT2D eigenvalue weighted by molar-refractivity contribution is 6.33. The summed E-state index contributed by atoms with van der Waals surface area (Å²) in [4.78, 5) is 2.27. The minimum atomic E-state index is -0.0327. The third kappa shape index (κ3) is 2.60. The highest BCUT2D eigenvalue weighted by Gasteiger charge is 2.32. The van der Waals surface area contributed by atoms with Crippen LogP contribution in [0.3, 0.4) is 0 Å². The van der Waals surface area contributed by atoms with Crippen LogP contribution in [0.25, 0.3) is 0 Å². The molecular weight excluding hydrogens is 331 g/mol. The van der Waals surface area contributed by atoms with Crippen LogP contribution in [0.4, 0.5) is 5.69 Å². The van der Waals surface area contributed by atoms with Gasteiger partial charge in [0.1, 0.15) is 18.0 Å². The minimum absolute atomic E-state index is 0.0327. The van der Waals surface area contributed by atoms with Gasteiger partial charge in [0.15, 0.2) is 0 Å². The van der Waals surface area contributed by atoms with Crippen molar-refractivity contribution in [1.82, 2.24) is 5.16 Å². The molecule has 1 unspecified atom stereocenters. The topological polar surface area (TPSA) is 29.3 Å². The van der Waals surface area contributed by atoms with Crippen LogP contribution in [0.15, 0.2) is 59.3 Å². The molecule has 0 spiro atoms. The molecule has 23 heavy (non-hydrogen) atoms. The number of hydrogen-bond donors (Lipinski definition) is 0. The van der Waals surface area contributed by atoms with E-state index in [4.69, 9.17) is 27.7 Å². The first-order valence-corrected chi connectivity index (χ1v) is 8.19. The molecule has 5 heteroatoms. The predicted molar refractivity (Wildman–Crippen MR) is 92.3 cm³/mol. The number of aromatic nitrogens is 1. The van der Waals surface area contributed by atoms with Crippen molar-refractivity contribution in [2.24, 2.45) is 0 Å². The summed E-state index contributed by atoms with van der Waals surface area (Å²) in [6.07, 6.45) is 2.62. The van der Waals surface area contributed by atoms with E-state index in [0.717, 1.165) is 40.5 Å². The van der Waals surface area contributed by atoms with E-state index >= 15 is 0 Å². The van der Waals surface area contributed by atoms with Gasteiger partial charge in [0.2, 0.25) is 0 Å². The maximum atomic E-state index is 6.43. The Morgan fingerprint density at radius 3 is 2.61 bits per heavy atom. The molecule has 0 aliphatic carbocycles. The Balaban J connectivity index is 1.85. The molecule has 2 aromatic carbocycles. The lowest BCUT2D eigenvalue weighted by Gasteiger charge is -2.37. The van der Waals surface area contributed by atoms with E-state index in [2.05, 4.69) is 10.1 Å². The first-order valence-electron chi connectivity index (χ1n) is 7.44. The Labute approximate surface area is 144 Å². The quantitative estimate of drug-likeness (QED) is 0.644. The fourth-order valence-corrected chi connectivity index (χ4v) is 3.49. The first-order chi connectivity index (χ1) is 11.2. The molecule has 0 radical (unpaired) electrons. The molecular formula is C18H14Cl2N2O. The molecule has 1 aromatic heterocycles. The van der Waals surface area contributed by atoms with Crippen LogP contribution in [0.1, 0.15) is 22.9 Å². The van der Waals surface area contributed by atoms with Gasteiger partial charge in [-0.1, -0.05) is 52.6 Å². The van der Waals surface area contributed by atoms with Crippen molar-refractivity contribution in [1.29, 1.82) is 0 Å². The summed E-state index contributed by atoms with van der Waals surface area (Å²) in [6.45, 7) is 0.852. The van der Waals surface area contributed by atoms with Crippen molar-refractivity contribution < 1.29 is 4.52 Å². The summed E-state index contributed by atoms with van der Waals surface area (Å²) in [5, 5.41) is 5.70. The van der Waals surface area contributed by atoms with Gasteiger partial charge in [0.25, 0.3) is 0 Å². The molecule has 0 N–H and O–H groups in total. The number of nitrogens with zero attached hydrogens (tertiary/aromatic N) is 2. The molecule has 1 aliphatic heterocycles. The lowest BCUT2D eigenvalue weighted by Crippen LogP contribution is -2.36. The maximum absolute atomic E-state index is 6.43. The van der Waals surface area contributed by atoms with Gasteiger partial charge in [0.05, 0.1) is 10.7 Å². The molecule has 1 atom stereocenters. The smallest absolute Gasteiger partial charge is 0.127 e. The van der Waals surface area contributed by atoms with Crippen molar-refractivity contribution in [3.8, 4) is 0 Å². The van der Waals surface area contributed by atoms with E-state index in [1.165, 1.54) is 0 Å². The summed E-state index contributed by atoms with van der Waals surface area (Å²) >= 11 is 12.5. The molecule has 116 valence electrons. The summed E-state index contributed by atoms with van der Waals surface area (Å²) in [7, 11) is 0. The number of fused-ring (bicyclic) bond motifs is 1. The average molecular weight is 345 g/mol. The Hall–Kier alpha value is -1.97. The van der Waals surface area contributed by atoms with Crippen LogP contribution >= 0.6 is 23.2 Å². The number of rotatable bonds is 2. The zero-order chi connectivity index (χ0) is 15.8. The lowest BCUT2D eigenvalue weighted by atomic mass is 9.93. The van der Waals surface area contributed by atoms with Crippen molar-refractivity contribution in [3.63, 3.8) is 0 Å². The number of para-hydroxylation sites is 1. The minimum Gasteiger partial charge on any atom is -0.364 e. The fraction of sp³-hybridized carbons (Fsp3) is 0.167. The van der Waals surface area contributed by atoms with Crippen molar-refractivity contribution in [2.75, 3.05) is 11.4 Å². The van der Waals surface area contributed by atoms with E-state index in [-0.39, 0.29) is 6.04 Å². The molecule has 2 heterocycles. The van der Waals surface area contributed by atoms with Crippen molar-refractivity contribution in [3.05, 3.63) is 81.7 Å². The monoisotopic (exact) mass is 344 g/mol. The first kappa shape index (κ1) is 14.6. The van der Waals surface area contributed by atoms with Crippen LogP contribution in [-0.2, 0) is 6.42 Å². The van der Waals surface area contributed by atoms with Crippen LogP contribution < -0.4 is 4.90 Å². The highest BCUT2D eigenvalue weighted by atomic mass is 35.5. The summed E-state index contributed by atoms with van der Waals surface area (Å²) in [5.41, 5.74) is 4.21. The van der Waals surface area contributed by atoms with Crippen LogP contribution in [0.2, 0.25) is 10.0 Å². The van der Waals surface area contributed by atoms with E-state index in [9.17, 15) is 0 Å². The fourth-order valence-electron chi connectivity index (χ4n) is 3.12. The van der Waals surface area contributed by atoms with E-state index in [0.29, 0.717) is 5.02 Å². The standard InChI is InChI=1S/C18H14Cl2N2O/c19-14-7-5-12(6-8-14)18-17-13(11-23-21-17)9-10-22(18)16-4-2-1-3-15(16)20/h1-8,11,18H,9-10H2. The molecule has 3 nitrogen and oxygen atoms in total. The van der Waals surface area contributed by atoms with Crippen LogP contribution in [0, 0.1) is 0 Å². The zero-order valence-corrected chi connectivity index (χ0v) is 13.8. The molecule has 4 rings (SSSR count). The summed E-state index contributed by atoms with van der Waals surface area (Å²) in [6, 6.07) is 15.7. The molecule has 1 aliphatic rings. The van der Waals surface area contributed by atoms with Gasteiger partial charge in [-0.3, -0.25) is 0 Å². The number of anilines is 1. The van der Waals surface area contributed by atoms with Crippen molar-refractivity contribution >= 4 is 28.9 Å². The Morgan fingerprint density at radius 1 is 1.04 bits per heavy atom. The number of halogens is 2. The maximum Gasteiger partial charge on any atom is 0.127 e. The third-order valence-electron chi connectivity index (χ3n) is 4.22. The Morgan fingerprint density at radius 2 is 1.83 bits per heavy atom. The number of hydrogen-bond acceptors (Lipinski definition) is 3. The SMILES string of the molecule is Clc1ccc(C2c3nocc3CCN2c2ccccc2Cl)cc1. The molecule has 0 amide bonds. The third-order valence-corrected chi connectivity index (χ3v) is 4.79. The van der Waals surface area contributed by atoms with E-state index < -0.39 is 0 Å². The summed E-state index contributed by atoms with van der Waals surface area (Å²) < 4.78 is 5.22. The van der Waals surface area contributed by atoms with E-state index in [1.54, 1.807) is 6.26 Å². The van der Waals surface area contributed by atoms with Crippen LogP contribution in [0.5, 0.6) is 0 Å². The normalized spacial score (nSPS) is 17.1. The second-order valence-corrected chi connectivity index (χ2v) is 6.42.